The number of carbonyl (C=O) groups is 3. The van der Waals surface area contributed by atoms with Crippen LogP contribution in [0.2, 0.25) is 0 Å². The first-order chi connectivity index (χ1) is 16.2. The molecule has 0 aliphatic carbocycles. The van der Waals surface area contributed by atoms with Crippen molar-refractivity contribution in [2.45, 2.75) is 6.92 Å². The standard InChI is InChI=1S/C23H19N3O8/c1-2-33-23(30)17-8-7-16(12-18(17)22(28)29)34-20-9-6-14(24)11-19(20)25-21(27)13-4-3-5-15(10-13)26(31)32/h3-12H,2,24H2,1H3,(H,25,27)(H,28,29). The molecule has 0 fully saturated rings. The van der Waals surface area contributed by atoms with E-state index in [2.05, 4.69) is 5.32 Å². The van der Waals surface area contributed by atoms with Crippen molar-refractivity contribution in [1.29, 1.82) is 0 Å². The number of nitrogens with one attached hydrogen (secondary N) is 1. The van der Waals surface area contributed by atoms with Crippen LogP contribution in [0.4, 0.5) is 17.1 Å². The number of esters is 1. The van der Waals surface area contributed by atoms with Gasteiger partial charge in [-0.3, -0.25) is 14.9 Å². The third-order valence-corrected chi connectivity index (χ3v) is 4.52. The summed E-state index contributed by atoms with van der Waals surface area (Å²) in [6, 6.07) is 13.3. The van der Waals surface area contributed by atoms with E-state index in [0.717, 1.165) is 12.1 Å². The maximum absolute atomic E-state index is 12.7. The van der Waals surface area contributed by atoms with Crippen molar-refractivity contribution in [2.24, 2.45) is 0 Å². The number of anilines is 2. The van der Waals surface area contributed by atoms with Gasteiger partial charge in [-0.05, 0) is 49.4 Å². The van der Waals surface area contributed by atoms with Crippen LogP contribution in [0.5, 0.6) is 11.5 Å². The number of benzene rings is 3. The topological polar surface area (TPSA) is 171 Å². The first kappa shape index (κ1) is 23.7. The maximum atomic E-state index is 12.7. The van der Waals surface area contributed by atoms with Crippen LogP contribution >= 0.6 is 0 Å². The molecule has 0 spiro atoms. The van der Waals surface area contributed by atoms with Crippen molar-refractivity contribution in [3.05, 3.63) is 87.5 Å². The highest BCUT2D eigenvalue weighted by Gasteiger charge is 2.20. The van der Waals surface area contributed by atoms with E-state index in [0.29, 0.717) is 5.69 Å². The molecule has 0 atom stereocenters. The van der Waals surface area contributed by atoms with Gasteiger partial charge in [-0.25, -0.2) is 9.59 Å². The van der Waals surface area contributed by atoms with E-state index >= 15 is 0 Å². The highest BCUT2D eigenvalue weighted by molar-refractivity contribution is 6.06. The number of nitrogens with zero attached hydrogens (tertiary/aromatic N) is 1. The number of nitro benzene ring substituents is 1. The molecule has 0 aliphatic rings. The number of ether oxygens (including phenoxy) is 2. The number of carboxylic acids is 1. The zero-order valence-corrected chi connectivity index (χ0v) is 17.8. The largest absolute Gasteiger partial charge is 0.478 e. The number of hydrogen-bond donors (Lipinski definition) is 3. The van der Waals surface area contributed by atoms with Gasteiger partial charge in [-0.1, -0.05) is 6.07 Å². The van der Waals surface area contributed by atoms with Gasteiger partial charge in [0.1, 0.15) is 5.75 Å². The highest BCUT2D eigenvalue weighted by atomic mass is 16.6. The van der Waals surface area contributed by atoms with E-state index in [-0.39, 0.29) is 46.2 Å². The molecule has 3 aromatic rings. The molecular weight excluding hydrogens is 446 g/mol. The Balaban J connectivity index is 1.91. The van der Waals surface area contributed by atoms with E-state index in [1.807, 2.05) is 0 Å². The minimum Gasteiger partial charge on any atom is -0.478 e. The Hall–Kier alpha value is -4.93. The lowest BCUT2D eigenvalue weighted by atomic mass is 10.1. The van der Waals surface area contributed by atoms with Crippen molar-refractivity contribution in [3.63, 3.8) is 0 Å². The lowest BCUT2D eigenvalue weighted by molar-refractivity contribution is -0.384. The molecule has 0 aromatic heterocycles. The van der Waals surface area contributed by atoms with Gasteiger partial charge < -0.3 is 25.6 Å². The number of rotatable bonds is 8. The second-order valence-corrected chi connectivity index (χ2v) is 6.85. The Morgan fingerprint density at radius 2 is 1.82 bits per heavy atom. The van der Waals surface area contributed by atoms with Gasteiger partial charge in [0.15, 0.2) is 5.75 Å². The molecule has 34 heavy (non-hydrogen) atoms. The summed E-state index contributed by atoms with van der Waals surface area (Å²) in [5, 5.41) is 23.0. The summed E-state index contributed by atoms with van der Waals surface area (Å²) in [4.78, 5) is 46.7. The van der Waals surface area contributed by atoms with E-state index in [9.17, 15) is 29.6 Å². The Kier molecular flexibility index (Phi) is 7.07. The molecule has 0 saturated heterocycles. The summed E-state index contributed by atoms with van der Waals surface area (Å²) in [6.07, 6.45) is 0. The zero-order valence-electron chi connectivity index (χ0n) is 17.8. The summed E-state index contributed by atoms with van der Waals surface area (Å²) >= 11 is 0. The lowest BCUT2D eigenvalue weighted by Gasteiger charge is -2.14. The third-order valence-electron chi connectivity index (χ3n) is 4.52. The normalized spacial score (nSPS) is 10.3. The number of nitro groups is 1. The first-order valence-corrected chi connectivity index (χ1v) is 9.87. The van der Waals surface area contributed by atoms with Gasteiger partial charge in [-0.15, -0.1) is 0 Å². The molecule has 3 rings (SSSR count). The van der Waals surface area contributed by atoms with Gasteiger partial charge in [0.2, 0.25) is 0 Å². The molecule has 4 N–H and O–H groups in total. The SMILES string of the molecule is CCOC(=O)c1ccc(Oc2ccc(N)cc2NC(=O)c2cccc([N+](=O)[O-])c2)cc1C(=O)O. The van der Waals surface area contributed by atoms with Crippen LogP contribution in [0.15, 0.2) is 60.7 Å². The molecule has 0 radical (unpaired) electrons. The minimum absolute atomic E-state index is 0.0366. The number of carboxylic acid groups (broad SMARTS) is 1. The van der Waals surface area contributed by atoms with Crippen molar-refractivity contribution in [3.8, 4) is 11.5 Å². The van der Waals surface area contributed by atoms with E-state index < -0.39 is 22.8 Å². The highest BCUT2D eigenvalue weighted by Crippen LogP contribution is 2.33. The van der Waals surface area contributed by atoms with Crippen LogP contribution in [-0.4, -0.2) is 34.5 Å². The van der Waals surface area contributed by atoms with Crippen LogP contribution in [0, 0.1) is 10.1 Å². The molecule has 0 bridgehead atoms. The summed E-state index contributed by atoms with van der Waals surface area (Å²) in [6.45, 7) is 1.68. The average molecular weight is 465 g/mol. The van der Waals surface area contributed by atoms with E-state index in [1.54, 1.807) is 6.92 Å². The molecule has 0 saturated carbocycles. The first-order valence-electron chi connectivity index (χ1n) is 9.87. The third kappa shape index (κ3) is 5.46. The molecule has 11 heteroatoms. The van der Waals surface area contributed by atoms with Crippen molar-refractivity contribution in [2.75, 3.05) is 17.7 Å². The predicted molar refractivity (Wildman–Crippen MR) is 121 cm³/mol. The summed E-state index contributed by atoms with van der Waals surface area (Å²) in [5.41, 5.74) is 5.58. The maximum Gasteiger partial charge on any atom is 0.339 e. The van der Waals surface area contributed by atoms with Gasteiger partial charge in [0, 0.05) is 23.4 Å². The number of aromatic carboxylic acids is 1. The van der Waals surface area contributed by atoms with Crippen LogP contribution < -0.4 is 15.8 Å². The van der Waals surface area contributed by atoms with Gasteiger partial charge >= 0.3 is 11.9 Å². The molecule has 0 unspecified atom stereocenters. The molecule has 1 amide bonds. The monoisotopic (exact) mass is 465 g/mol. The zero-order chi connectivity index (χ0) is 24.8. The van der Waals surface area contributed by atoms with Crippen LogP contribution in [0.25, 0.3) is 0 Å². The summed E-state index contributed by atoms with van der Waals surface area (Å²) in [5.74, 6) is -2.61. The Morgan fingerprint density at radius 3 is 2.50 bits per heavy atom. The minimum atomic E-state index is -1.36. The smallest absolute Gasteiger partial charge is 0.339 e. The number of nitrogens with two attached hydrogens (primary N) is 1. The van der Waals surface area contributed by atoms with Crippen molar-refractivity contribution >= 4 is 34.9 Å². The Bertz CT molecular complexity index is 1290. The number of amides is 1. The fourth-order valence-corrected chi connectivity index (χ4v) is 2.97. The molecule has 0 aliphatic heterocycles. The number of non-ortho nitro benzene ring substituents is 1. The van der Waals surface area contributed by atoms with Crippen LogP contribution in [-0.2, 0) is 4.74 Å². The lowest BCUT2D eigenvalue weighted by Crippen LogP contribution is -2.13. The van der Waals surface area contributed by atoms with Gasteiger partial charge in [0.25, 0.3) is 11.6 Å². The quantitative estimate of drug-likeness (QED) is 0.192. The van der Waals surface area contributed by atoms with Crippen LogP contribution in [0.3, 0.4) is 0 Å². The van der Waals surface area contributed by atoms with Crippen molar-refractivity contribution < 1.29 is 33.9 Å². The molecule has 3 aromatic carbocycles. The molecule has 0 heterocycles. The Labute approximate surface area is 192 Å². The van der Waals surface area contributed by atoms with Gasteiger partial charge in [-0.2, -0.15) is 0 Å². The number of nitrogen functional groups attached to an aromatic ring is 1. The Morgan fingerprint density at radius 1 is 1.06 bits per heavy atom. The average Bonchev–Trinajstić information content (AvgIpc) is 2.80. The summed E-state index contributed by atoms with van der Waals surface area (Å²) < 4.78 is 10.6. The van der Waals surface area contributed by atoms with Gasteiger partial charge in [0.05, 0.1) is 28.3 Å². The van der Waals surface area contributed by atoms with E-state index in [4.69, 9.17) is 15.2 Å². The second kappa shape index (κ2) is 10.1. The fourth-order valence-electron chi connectivity index (χ4n) is 2.97. The van der Waals surface area contributed by atoms with Crippen LogP contribution in [0.1, 0.15) is 38.0 Å². The second-order valence-electron chi connectivity index (χ2n) is 6.85. The predicted octanol–water partition coefficient (Wildman–Crippen LogP) is 4.10. The number of hydrogen-bond acceptors (Lipinski definition) is 8. The molecule has 174 valence electrons. The summed E-state index contributed by atoms with van der Waals surface area (Å²) in [7, 11) is 0. The molecule has 11 nitrogen and oxygen atoms in total. The number of carbonyl (C=O) groups excluding carboxylic acids is 2. The molecular formula is C23H19N3O8. The van der Waals surface area contributed by atoms with Crippen molar-refractivity contribution in [1.82, 2.24) is 0 Å². The van der Waals surface area contributed by atoms with E-state index in [1.165, 1.54) is 48.5 Å². The fraction of sp³-hybridized carbons (Fsp3) is 0.0870.